The lowest BCUT2D eigenvalue weighted by molar-refractivity contribution is -0.385. The summed E-state index contributed by atoms with van der Waals surface area (Å²) in [6.07, 6.45) is 0. The Hall–Kier alpha value is -2.81. The Bertz CT molecular complexity index is 740. The fraction of sp³-hybridized carbons (Fsp3) is 0.0833. The van der Waals surface area contributed by atoms with Crippen molar-refractivity contribution in [3.05, 3.63) is 51.2 Å². The van der Waals surface area contributed by atoms with Gasteiger partial charge in [-0.2, -0.15) is 4.37 Å². The smallest absolute Gasteiger partial charge is 0.340 e. The van der Waals surface area contributed by atoms with E-state index < -0.39 is 16.8 Å². The van der Waals surface area contributed by atoms with Gasteiger partial charge in [0.2, 0.25) is 0 Å². The molecule has 21 heavy (non-hydrogen) atoms. The molecule has 0 spiro atoms. The zero-order valence-corrected chi connectivity index (χ0v) is 11.5. The lowest BCUT2D eigenvalue weighted by Crippen LogP contribution is -2.15. The maximum atomic E-state index is 12.1. The fourth-order valence-corrected chi connectivity index (χ4v) is 2.49. The molecule has 0 fully saturated rings. The first-order valence-electron chi connectivity index (χ1n) is 5.66. The van der Waals surface area contributed by atoms with Crippen LogP contribution in [0.2, 0.25) is 0 Å². The number of nitro benzene ring substituents is 1. The number of aromatic carboxylic acids is 1. The first-order chi connectivity index (χ1) is 9.91. The number of carbonyl (C=O) groups is 2. The van der Waals surface area contributed by atoms with E-state index in [9.17, 15) is 19.7 Å². The van der Waals surface area contributed by atoms with Gasteiger partial charge >= 0.3 is 5.97 Å². The van der Waals surface area contributed by atoms with Crippen LogP contribution in [0.25, 0.3) is 0 Å². The van der Waals surface area contributed by atoms with E-state index in [-0.39, 0.29) is 27.5 Å². The summed E-state index contributed by atoms with van der Waals surface area (Å²) in [7, 11) is 0. The lowest BCUT2D eigenvalue weighted by Gasteiger charge is -2.04. The molecule has 0 unspecified atom stereocenters. The molecule has 0 radical (unpaired) electrons. The average Bonchev–Trinajstić information content (AvgIpc) is 2.79. The molecule has 1 amide bonds. The van der Waals surface area contributed by atoms with Crippen LogP contribution >= 0.6 is 11.5 Å². The number of rotatable bonds is 4. The number of aromatic nitrogens is 1. The van der Waals surface area contributed by atoms with E-state index in [0.717, 1.165) is 11.5 Å². The summed E-state index contributed by atoms with van der Waals surface area (Å²) in [4.78, 5) is 33.4. The van der Waals surface area contributed by atoms with Gasteiger partial charge in [0.25, 0.3) is 11.6 Å². The van der Waals surface area contributed by atoms with Crippen molar-refractivity contribution in [1.29, 1.82) is 0 Å². The molecule has 0 aliphatic carbocycles. The topological polar surface area (TPSA) is 122 Å². The maximum Gasteiger partial charge on any atom is 0.340 e. The third kappa shape index (κ3) is 2.87. The number of hydrogen-bond acceptors (Lipinski definition) is 6. The molecule has 108 valence electrons. The first-order valence-corrected chi connectivity index (χ1v) is 6.43. The van der Waals surface area contributed by atoms with Gasteiger partial charge in [0.05, 0.1) is 10.6 Å². The second-order valence-corrected chi connectivity index (χ2v) is 4.78. The highest BCUT2D eigenvalue weighted by Crippen LogP contribution is 2.26. The molecule has 0 saturated heterocycles. The molecule has 1 aromatic carbocycles. The van der Waals surface area contributed by atoms with E-state index in [4.69, 9.17) is 5.11 Å². The first kappa shape index (κ1) is 14.6. The van der Waals surface area contributed by atoms with Gasteiger partial charge in [0.15, 0.2) is 0 Å². The zero-order chi connectivity index (χ0) is 15.6. The summed E-state index contributed by atoms with van der Waals surface area (Å²) in [6.45, 7) is 1.50. The number of para-hydroxylation sites is 1. The van der Waals surface area contributed by atoms with Crippen molar-refractivity contribution in [2.45, 2.75) is 6.92 Å². The van der Waals surface area contributed by atoms with E-state index in [1.807, 2.05) is 0 Å². The van der Waals surface area contributed by atoms with Crippen LogP contribution in [0.3, 0.4) is 0 Å². The molecule has 0 aliphatic heterocycles. The van der Waals surface area contributed by atoms with Crippen LogP contribution < -0.4 is 5.32 Å². The SMILES string of the molecule is Cc1nsc(NC(=O)c2ccccc2[N+](=O)[O-])c1C(=O)O. The second-order valence-electron chi connectivity index (χ2n) is 4.01. The van der Waals surface area contributed by atoms with Crippen LogP contribution in [0.1, 0.15) is 26.4 Å². The Labute approximate surface area is 122 Å². The van der Waals surface area contributed by atoms with Crippen LogP contribution in [0.5, 0.6) is 0 Å². The number of carbonyl (C=O) groups excluding carboxylic acids is 1. The minimum absolute atomic E-state index is 0.0446. The number of benzene rings is 1. The molecule has 1 aromatic heterocycles. The molecule has 0 aliphatic rings. The molecule has 2 aromatic rings. The van der Waals surface area contributed by atoms with Crippen LogP contribution in [0.15, 0.2) is 24.3 Å². The van der Waals surface area contributed by atoms with Gasteiger partial charge in [0, 0.05) is 6.07 Å². The van der Waals surface area contributed by atoms with Gasteiger partial charge in [-0.05, 0) is 24.5 Å². The highest BCUT2D eigenvalue weighted by molar-refractivity contribution is 7.11. The summed E-state index contributed by atoms with van der Waals surface area (Å²) in [5.74, 6) is -1.98. The lowest BCUT2D eigenvalue weighted by atomic mass is 10.1. The van der Waals surface area contributed by atoms with Gasteiger partial charge in [0.1, 0.15) is 16.1 Å². The van der Waals surface area contributed by atoms with E-state index >= 15 is 0 Å². The molecule has 2 N–H and O–H groups in total. The highest BCUT2D eigenvalue weighted by atomic mass is 32.1. The Morgan fingerprint density at radius 3 is 2.67 bits per heavy atom. The Kier molecular flexibility index (Phi) is 3.94. The number of nitrogens with one attached hydrogen (secondary N) is 1. The fourth-order valence-electron chi connectivity index (χ4n) is 1.70. The molecule has 0 saturated carbocycles. The number of nitro groups is 1. The number of anilines is 1. The standard InChI is InChI=1S/C12H9N3O5S/c1-6-9(12(17)18)11(21-14-6)13-10(16)7-4-2-3-5-8(7)15(19)20/h2-5H,1H3,(H,13,16)(H,17,18). The van der Waals surface area contributed by atoms with Gasteiger partial charge in [-0.1, -0.05) is 12.1 Å². The van der Waals surface area contributed by atoms with Gasteiger partial charge in [-0.25, -0.2) is 4.79 Å². The number of carboxylic acids is 1. The highest BCUT2D eigenvalue weighted by Gasteiger charge is 2.23. The van der Waals surface area contributed by atoms with Crippen molar-refractivity contribution in [1.82, 2.24) is 4.37 Å². The van der Waals surface area contributed by atoms with Gasteiger partial charge in [-0.15, -0.1) is 0 Å². The molecule has 9 heteroatoms. The van der Waals surface area contributed by atoms with Crippen molar-refractivity contribution in [2.75, 3.05) is 5.32 Å². The monoisotopic (exact) mass is 307 g/mol. The van der Waals surface area contributed by atoms with Gasteiger partial charge in [-0.3, -0.25) is 14.9 Å². The number of aryl methyl sites for hydroxylation is 1. The third-order valence-corrected chi connectivity index (χ3v) is 3.50. The minimum atomic E-state index is -1.22. The molecular weight excluding hydrogens is 298 g/mol. The summed E-state index contributed by atoms with van der Waals surface area (Å²) in [5.41, 5.74) is -0.352. The number of hydrogen-bond donors (Lipinski definition) is 2. The quantitative estimate of drug-likeness (QED) is 0.660. The Morgan fingerprint density at radius 1 is 1.38 bits per heavy atom. The average molecular weight is 307 g/mol. The van der Waals surface area contributed by atoms with Crippen molar-refractivity contribution < 1.29 is 19.6 Å². The second kappa shape index (κ2) is 5.67. The van der Waals surface area contributed by atoms with Crippen LogP contribution in [-0.4, -0.2) is 26.3 Å². The predicted octanol–water partition coefficient (Wildman–Crippen LogP) is 2.31. The number of nitrogens with zero attached hydrogens (tertiary/aromatic N) is 2. The van der Waals surface area contributed by atoms with Crippen molar-refractivity contribution in [2.24, 2.45) is 0 Å². The van der Waals surface area contributed by atoms with Crippen molar-refractivity contribution >= 4 is 34.1 Å². The molecule has 1 heterocycles. The Morgan fingerprint density at radius 2 is 2.05 bits per heavy atom. The molecule has 0 atom stereocenters. The van der Waals surface area contributed by atoms with Crippen LogP contribution in [0.4, 0.5) is 10.7 Å². The normalized spacial score (nSPS) is 10.1. The van der Waals surface area contributed by atoms with E-state index in [0.29, 0.717) is 0 Å². The summed E-state index contributed by atoms with van der Waals surface area (Å²) in [5, 5.41) is 22.3. The molecule has 2 rings (SSSR count). The predicted molar refractivity (Wildman–Crippen MR) is 74.9 cm³/mol. The largest absolute Gasteiger partial charge is 0.478 e. The van der Waals surface area contributed by atoms with Crippen molar-refractivity contribution in [3.63, 3.8) is 0 Å². The Balaban J connectivity index is 2.36. The zero-order valence-electron chi connectivity index (χ0n) is 10.7. The van der Waals surface area contributed by atoms with E-state index in [1.54, 1.807) is 0 Å². The summed E-state index contributed by atoms with van der Waals surface area (Å²) < 4.78 is 3.85. The van der Waals surface area contributed by atoms with Crippen LogP contribution in [-0.2, 0) is 0 Å². The summed E-state index contributed by atoms with van der Waals surface area (Å²) >= 11 is 0.809. The van der Waals surface area contributed by atoms with Gasteiger partial charge < -0.3 is 10.4 Å². The molecule has 0 bridgehead atoms. The molecular formula is C12H9N3O5S. The van der Waals surface area contributed by atoms with Crippen molar-refractivity contribution in [3.8, 4) is 0 Å². The minimum Gasteiger partial charge on any atom is -0.478 e. The molecule has 8 nitrogen and oxygen atoms in total. The number of carboxylic acid groups (broad SMARTS) is 1. The van der Waals surface area contributed by atoms with E-state index in [2.05, 4.69) is 9.69 Å². The third-order valence-electron chi connectivity index (χ3n) is 2.65. The maximum absolute atomic E-state index is 12.1. The number of amides is 1. The van der Waals surface area contributed by atoms with Crippen LogP contribution in [0, 0.1) is 17.0 Å². The summed E-state index contributed by atoms with van der Waals surface area (Å²) in [6, 6.07) is 5.42. The van der Waals surface area contributed by atoms with E-state index in [1.165, 1.54) is 31.2 Å².